The van der Waals surface area contributed by atoms with Crippen molar-refractivity contribution < 1.29 is 33.2 Å². The highest BCUT2D eigenvalue weighted by atomic mass is 17.0. The fourth-order valence-corrected chi connectivity index (χ4v) is 3.83. The summed E-state index contributed by atoms with van der Waals surface area (Å²) in [6.45, 7) is 11.9. The molecular weight excluding hydrogens is 388 g/mol. The van der Waals surface area contributed by atoms with E-state index in [9.17, 15) is 4.79 Å². The van der Waals surface area contributed by atoms with Gasteiger partial charge in [0.1, 0.15) is 31.0 Å². The second-order valence-corrected chi connectivity index (χ2v) is 10.2. The van der Waals surface area contributed by atoms with Crippen LogP contribution in [0.25, 0.3) is 0 Å². The Bertz CT molecular complexity index is 766. The van der Waals surface area contributed by atoms with Gasteiger partial charge < -0.3 is 23.7 Å². The minimum absolute atomic E-state index is 0.0682. The quantitative estimate of drug-likeness (QED) is 0.676. The lowest BCUT2D eigenvalue weighted by Gasteiger charge is -2.48. The highest BCUT2D eigenvalue weighted by Crippen LogP contribution is 2.53. The third-order valence-corrected chi connectivity index (χ3v) is 5.64. The molecule has 4 rings (SSSR count). The Labute approximate surface area is 177 Å². The van der Waals surface area contributed by atoms with Crippen LogP contribution in [0.5, 0.6) is 0 Å². The van der Waals surface area contributed by atoms with Crippen LogP contribution >= 0.6 is 0 Å². The molecule has 0 N–H and O–H groups in total. The first-order chi connectivity index (χ1) is 14.0. The molecule has 7 nitrogen and oxygen atoms in total. The van der Waals surface area contributed by atoms with Crippen molar-refractivity contribution in [3.05, 3.63) is 35.9 Å². The smallest absolute Gasteiger partial charge is 0.311 e. The highest BCUT2D eigenvalue weighted by Gasteiger charge is 2.69. The highest BCUT2D eigenvalue weighted by molar-refractivity contribution is 5.75. The van der Waals surface area contributed by atoms with Gasteiger partial charge in [-0.1, -0.05) is 51.1 Å². The topological polar surface area (TPSA) is 72.5 Å². The molecule has 1 aromatic carbocycles. The number of hydrogen-bond donors (Lipinski definition) is 0. The predicted octanol–water partition coefficient (Wildman–Crippen LogP) is 3.40. The number of ether oxygens (including phenoxy) is 6. The first kappa shape index (κ1) is 21.7. The van der Waals surface area contributed by atoms with Crippen LogP contribution in [0.2, 0.25) is 0 Å². The van der Waals surface area contributed by atoms with Gasteiger partial charge in [0.25, 0.3) is 5.97 Å². The molecule has 1 unspecified atom stereocenters. The summed E-state index contributed by atoms with van der Waals surface area (Å²) in [6.07, 6.45) is -2.46. The van der Waals surface area contributed by atoms with E-state index in [4.69, 9.17) is 28.4 Å². The lowest BCUT2D eigenvalue weighted by Crippen LogP contribution is -2.64. The van der Waals surface area contributed by atoms with Gasteiger partial charge in [-0.2, -0.15) is 0 Å². The molecule has 30 heavy (non-hydrogen) atoms. The van der Waals surface area contributed by atoms with Gasteiger partial charge in [-0.25, -0.2) is 0 Å². The van der Waals surface area contributed by atoms with E-state index in [0.29, 0.717) is 6.61 Å². The predicted molar refractivity (Wildman–Crippen MR) is 107 cm³/mol. The fraction of sp³-hybridized carbons (Fsp3) is 0.696. The Morgan fingerprint density at radius 1 is 1.00 bits per heavy atom. The molecule has 3 fully saturated rings. The minimum Gasteiger partial charge on any atom is -0.462 e. The van der Waals surface area contributed by atoms with Crippen LogP contribution in [0.4, 0.5) is 0 Å². The zero-order valence-electron chi connectivity index (χ0n) is 18.5. The summed E-state index contributed by atoms with van der Waals surface area (Å²) < 4.78 is 36.6. The third-order valence-electron chi connectivity index (χ3n) is 5.64. The van der Waals surface area contributed by atoms with Crippen LogP contribution < -0.4 is 0 Å². The molecule has 0 aliphatic carbocycles. The first-order valence-electron chi connectivity index (χ1n) is 10.5. The second kappa shape index (κ2) is 7.57. The number of esters is 1. The molecule has 7 heteroatoms. The molecule has 0 radical (unpaired) electrons. The Balaban J connectivity index is 1.53. The third kappa shape index (κ3) is 3.89. The van der Waals surface area contributed by atoms with Crippen LogP contribution in [0.15, 0.2) is 30.3 Å². The van der Waals surface area contributed by atoms with Crippen molar-refractivity contribution in [3.63, 3.8) is 0 Å². The maximum atomic E-state index is 12.3. The maximum Gasteiger partial charge on any atom is 0.311 e. The molecule has 3 heterocycles. The Morgan fingerprint density at radius 2 is 1.67 bits per heavy atom. The van der Waals surface area contributed by atoms with E-state index in [-0.39, 0.29) is 12.6 Å². The van der Waals surface area contributed by atoms with Gasteiger partial charge >= 0.3 is 5.97 Å². The molecule has 0 saturated carbocycles. The van der Waals surface area contributed by atoms with Crippen molar-refractivity contribution >= 4 is 5.97 Å². The van der Waals surface area contributed by atoms with Crippen LogP contribution in [-0.2, 0) is 39.8 Å². The van der Waals surface area contributed by atoms with Gasteiger partial charge in [-0.3, -0.25) is 9.53 Å². The van der Waals surface area contributed by atoms with Crippen LogP contribution in [0.1, 0.15) is 47.1 Å². The molecule has 3 bridgehead atoms. The van der Waals surface area contributed by atoms with Crippen molar-refractivity contribution in [2.45, 2.75) is 84.8 Å². The summed E-state index contributed by atoms with van der Waals surface area (Å²) in [5.41, 5.74) is 0.0159. The van der Waals surface area contributed by atoms with Crippen molar-refractivity contribution in [3.8, 4) is 0 Å². The summed E-state index contributed by atoms with van der Waals surface area (Å²) in [6, 6.07) is 9.92. The molecule has 0 aromatic heterocycles. The lowest BCUT2D eigenvalue weighted by atomic mass is 9.90. The van der Waals surface area contributed by atoms with E-state index in [1.807, 2.05) is 71.9 Å². The molecule has 3 aliphatic heterocycles. The molecule has 3 aliphatic rings. The summed E-state index contributed by atoms with van der Waals surface area (Å²) in [5.74, 6) is -1.51. The summed E-state index contributed by atoms with van der Waals surface area (Å²) >= 11 is 0. The fourth-order valence-electron chi connectivity index (χ4n) is 3.83. The van der Waals surface area contributed by atoms with Gasteiger partial charge in [0.2, 0.25) is 0 Å². The Kier molecular flexibility index (Phi) is 5.48. The largest absolute Gasteiger partial charge is 0.462 e. The molecular formula is C23H32O7. The average Bonchev–Trinajstić information content (AvgIpc) is 2.89. The number of carbonyl (C=O) groups excluding carboxylic acids is 1. The molecule has 1 aromatic rings. The van der Waals surface area contributed by atoms with Gasteiger partial charge in [-0.15, -0.1) is 0 Å². The molecule has 166 valence electrons. The number of fused-ring (bicyclic) bond motifs is 2. The molecule has 0 amide bonds. The second-order valence-electron chi connectivity index (χ2n) is 10.2. The van der Waals surface area contributed by atoms with Gasteiger partial charge in [0, 0.05) is 5.41 Å². The van der Waals surface area contributed by atoms with E-state index in [0.717, 1.165) is 5.56 Å². The first-order valence-corrected chi connectivity index (χ1v) is 10.5. The van der Waals surface area contributed by atoms with E-state index in [1.54, 1.807) is 0 Å². The van der Waals surface area contributed by atoms with Crippen molar-refractivity contribution in [1.82, 2.24) is 0 Å². The normalized spacial score (nSPS) is 35.5. The number of carbonyl (C=O) groups is 1. The van der Waals surface area contributed by atoms with Gasteiger partial charge in [0.05, 0.1) is 12.0 Å². The standard InChI is InChI=1S/C23H32O7/c1-21(2,3)20(24)26-13-15-16-17(25-12-14-10-8-7-9-11-14)18-19(27-15)30-23(28-16,29-18)22(4,5)6/h7-11,15-19H,12-13H2,1-6H3/t15-,16+,17-,18-,19-,23?/m0/s1. The Hall–Kier alpha value is -1.51. The number of hydrogen-bond acceptors (Lipinski definition) is 7. The summed E-state index contributed by atoms with van der Waals surface area (Å²) in [7, 11) is 0. The van der Waals surface area contributed by atoms with E-state index in [1.165, 1.54) is 0 Å². The molecule has 6 atom stereocenters. The van der Waals surface area contributed by atoms with Crippen molar-refractivity contribution in [2.75, 3.05) is 6.61 Å². The van der Waals surface area contributed by atoms with E-state index < -0.39 is 47.5 Å². The zero-order valence-corrected chi connectivity index (χ0v) is 18.5. The molecule has 3 saturated heterocycles. The molecule has 0 spiro atoms. The van der Waals surface area contributed by atoms with Crippen molar-refractivity contribution in [2.24, 2.45) is 10.8 Å². The number of rotatable bonds is 5. The van der Waals surface area contributed by atoms with Gasteiger partial charge in [-0.05, 0) is 26.3 Å². The van der Waals surface area contributed by atoms with Crippen molar-refractivity contribution in [1.29, 1.82) is 0 Å². The monoisotopic (exact) mass is 420 g/mol. The zero-order chi connectivity index (χ0) is 21.7. The van der Waals surface area contributed by atoms with Crippen LogP contribution in [0.3, 0.4) is 0 Å². The number of benzene rings is 1. The van der Waals surface area contributed by atoms with E-state index >= 15 is 0 Å². The summed E-state index contributed by atoms with van der Waals surface area (Å²) in [4.78, 5) is 12.3. The van der Waals surface area contributed by atoms with Crippen LogP contribution in [-0.4, -0.2) is 49.3 Å². The average molecular weight is 421 g/mol. The van der Waals surface area contributed by atoms with Gasteiger partial charge in [0.15, 0.2) is 6.29 Å². The Morgan fingerprint density at radius 3 is 2.30 bits per heavy atom. The van der Waals surface area contributed by atoms with Crippen LogP contribution in [0, 0.1) is 10.8 Å². The lowest BCUT2D eigenvalue weighted by molar-refractivity contribution is -0.430. The maximum absolute atomic E-state index is 12.3. The SMILES string of the molecule is CC(C)(C)C(=O)OC[C@@H]1O[C@H]2OC3(C(C)(C)C)O[C@H]2[C@@H](OCc2ccccc2)[C@@H]1O3. The minimum atomic E-state index is -1.22. The summed E-state index contributed by atoms with van der Waals surface area (Å²) in [5, 5.41) is 0. The van der Waals surface area contributed by atoms with E-state index in [2.05, 4.69) is 0 Å².